The van der Waals surface area contributed by atoms with Gasteiger partial charge in [0.15, 0.2) is 0 Å². The third-order valence-electron chi connectivity index (χ3n) is 5.51. The maximum absolute atomic E-state index is 12.8. The van der Waals surface area contributed by atoms with Gasteiger partial charge in [-0.2, -0.15) is 0 Å². The van der Waals surface area contributed by atoms with E-state index in [9.17, 15) is 9.59 Å². The number of likely N-dealkylation sites (tertiary alicyclic amines) is 1. The monoisotopic (exact) mass is 374 g/mol. The molecule has 1 N–H and O–H groups in total. The summed E-state index contributed by atoms with van der Waals surface area (Å²) in [6, 6.07) is 7.36. The third kappa shape index (κ3) is 6.26. The van der Waals surface area contributed by atoms with Crippen molar-refractivity contribution in [2.45, 2.75) is 58.9 Å². The van der Waals surface area contributed by atoms with Crippen molar-refractivity contribution in [3.05, 3.63) is 29.8 Å². The fourth-order valence-electron chi connectivity index (χ4n) is 3.71. The molecule has 2 atom stereocenters. The maximum atomic E-state index is 12.8. The first-order valence-electron chi connectivity index (χ1n) is 10.1. The first-order valence-corrected chi connectivity index (χ1v) is 10.1. The Balaban J connectivity index is 1.79. The number of carbonyl (C=O) groups is 2. The Kier molecular flexibility index (Phi) is 8.14. The number of benzene rings is 1. The predicted molar refractivity (Wildman–Crippen MR) is 108 cm³/mol. The first kappa shape index (κ1) is 21.3. The van der Waals surface area contributed by atoms with Gasteiger partial charge in [0.25, 0.3) is 5.91 Å². The molecule has 5 heteroatoms. The zero-order valence-electron chi connectivity index (χ0n) is 17.2. The van der Waals surface area contributed by atoms with Gasteiger partial charge in [-0.15, -0.1) is 0 Å². The molecule has 5 nitrogen and oxygen atoms in total. The molecule has 150 valence electrons. The normalized spacial score (nSPS) is 20.3. The fraction of sp³-hybridized carbons (Fsp3) is 0.636. The van der Waals surface area contributed by atoms with E-state index in [2.05, 4.69) is 31.0 Å². The topological polar surface area (TPSA) is 58.6 Å². The van der Waals surface area contributed by atoms with E-state index in [1.54, 1.807) is 31.4 Å². The van der Waals surface area contributed by atoms with Gasteiger partial charge in [-0.25, -0.2) is 0 Å². The van der Waals surface area contributed by atoms with Gasteiger partial charge in [-0.3, -0.25) is 9.59 Å². The van der Waals surface area contributed by atoms with E-state index in [1.165, 1.54) is 6.42 Å². The molecule has 1 aliphatic heterocycles. The van der Waals surface area contributed by atoms with Gasteiger partial charge >= 0.3 is 0 Å². The average molecular weight is 375 g/mol. The quantitative estimate of drug-likeness (QED) is 0.737. The lowest BCUT2D eigenvalue weighted by Crippen LogP contribution is -2.43. The summed E-state index contributed by atoms with van der Waals surface area (Å²) in [4.78, 5) is 27.0. The van der Waals surface area contributed by atoms with E-state index >= 15 is 0 Å². The number of carbonyl (C=O) groups excluding carboxylic acids is 2. The van der Waals surface area contributed by atoms with Crippen LogP contribution in [0.3, 0.4) is 0 Å². The van der Waals surface area contributed by atoms with E-state index in [-0.39, 0.29) is 11.8 Å². The first-order chi connectivity index (χ1) is 12.9. The molecule has 27 heavy (non-hydrogen) atoms. The van der Waals surface area contributed by atoms with Crippen LogP contribution < -0.4 is 10.1 Å². The highest BCUT2D eigenvalue weighted by Crippen LogP contribution is 2.26. The van der Waals surface area contributed by atoms with Crippen molar-refractivity contribution in [1.29, 1.82) is 0 Å². The number of hydrogen-bond acceptors (Lipinski definition) is 3. The van der Waals surface area contributed by atoms with Crippen molar-refractivity contribution in [3.8, 4) is 5.75 Å². The highest BCUT2D eigenvalue weighted by molar-refractivity contribution is 5.94. The number of rotatable bonds is 7. The second-order valence-corrected chi connectivity index (χ2v) is 7.96. The van der Waals surface area contributed by atoms with Gasteiger partial charge in [-0.1, -0.05) is 20.8 Å². The Hall–Kier alpha value is -2.04. The van der Waals surface area contributed by atoms with Crippen LogP contribution in [0.1, 0.15) is 63.2 Å². The average Bonchev–Trinajstić information content (AvgIpc) is 2.86. The van der Waals surface area contributed by atoms with Crippen molar-refractivity contribution in [2.24, 2.45) is 11.8 Å². The molecular weight excluding hydrogens is 340 g/mol. The summed E-state index contributed by atoms with van der Waals surface area (Å²) in [5.41, 5.74) is 0.600. The second kappa shape index (κ2) is 10.3. The van der Waals surface area contributed by atoms with Crippen LogP contribution in [0.15, 0.2) is 24.3 Å². The van der Waals surface area contributed by atoms with Gasteiger partial charge in [0, 0.05) is 31.1 Å². The summed E-state index contributed by atoms with van der Waals surface area (Å²) >= 11 is 0. The molecule has 0 aliphatic carbocycles. The molecule has 0 bridgehead atoms. The largest absolute Gasteiger partial charge is 0.497 e. The predicted octanol–water partition coefficient (Wildman–Crippen LogP) is 3.88. The molecule has 2 unspecified atom stereocenters. The lowest BCUT2D eigenvalue weighted by atomic mass is 9.95. The zero-order chi connectivity index (χ0) is 19.8. The molecule has 1 fully saturated rings. The van der Waals surface area contributed by atoms with Crippen LogP contribution in [0, 0.1) is 11.8 Å². The maximum Gasteiger partial charge on any atom is 0.251 e. The summed E-state index contributed by atoms with van der Waals surface area (Å²) in [6.07, 6.45) is 4.53. The summed E-state index contributed by atoms with van der Waals surface area (Å²) in [5.74, 6) is 2.00. The second-order valence-electron chi connectivity index (χ2n) is 7.96. The minimum atomic E-state index is -0.117. The highest BCUT2D eigenvalue weighted by atomic mass is 16.5. The summed E-state index contributed by atoms with van der Waals surface area (Å²) in [7, 11) is 1.60. The zero-order valence-corrected chi connectivity index (χ0v) is 17.2. The van der Waals surface area contributed by atoms with Crippen LogP contribution in [0.5, 0.6) is 5.75 Å². The van der Waals surface area contributed by atoms with E-state index < -0.39 is 0 Å². The van der Waals surface area contributed by atoms with Crippen LogP contribution in [-0.4, -0.2) is 43.0 Å². The van der Waals surface area contributed by atoms with Gasteiger partial charge < -0.3 is 15.0 Å². The lowest BCUT2D eigenvalue weighted by molar-refractivity contribution is -0.134. The Morgan fingerprint density at radius 1 is 1.19 bits per heavy atom. The number of hydrogen-bond donors (Lipinski definition) is 1. The molecule has 0 aromatic heterocycles. The third-order valence-corrected chi connectivity index (χ3v) is 5.51. The summed E-state index contributed by atoms with van der Waals surface area (Å²) in [6.45, 7) is 8.06. The number of ether oxygens (including phenoxy) is 1. The number of nitrogens with one attached hydrogen (secondary N) is 1. The molecule has 2 rings (SSSR count). The SMILES string of the molecule is COc1ccc(C(=O)NCCCC(=O)N2CCC(C)CCC2C(C)C)cc1. The highest BCUT2D eigenvalue weighted by Gasteiger charge is 2.29. The smallest absolute Gasteiger partial charge is 0.251 e. The van der Waals surface area contributed by atoms with Gasteiger partial charge in [0.05, 0.1) is 7.11 Å². The molecule has 2 amide bonds. The molecule has 1 aliphatic rings. The molecule has 1 saturated heterocycles. The molecule has 0 saturated carbocycles. The van der Waals surface area contributed by atoms with E-state index in [1.807, 2.05) is 0 Å². The van der Waals surface area contributed by atoms with Crippen LogP contribution in [0.2, 0.25) is 0 Å². The molecule has 1 heterocycles. The van der Waals surface area contributed by atoms with Gasteiger partial charge in [0.1, 0.15) is 5.75 Å². The van der Waals surface area contributed by atoms with E-state index in [4.69, 9.17) is 4.74 Å². The molecular formula is C22H34N2O3. The van der Waals surface area contributed by atoms with E-state index in [0.717, 1.165) is 25.1 Å². The van der Waals surface area contributed by atoms with Crippen molar-refractivity contribution >= 4 is 11.8 Å². The number of nitrogens with zero attached hydrogens (tertiary/aromatic N) is 1. The molecule has 1 aromatic carbocycles. The van der Waals surface area contributed by atoms with Crippen molar-refractivity contribution < 1.29 is 14.3 Å². The van der Waals surface area contributed by atoms with Crippen molar-refractivity contribution in [1.82, 2.24) is 10.2 Å². The van der Waals surface area contributed by atoms with Crippen LogP contribution in [0.25, 0.3) is 0 Å². The number of amides is 2. The van der Waals surface area contributed by atoms with Gasteiger partial charge in [-0.05, 0) is 61.8 Å². The van der Waals surface area contributed by atoms with Crippen LogP contribution in [0.4, 0.5) is 0 Å². The Labute approximate surface area is 163 Å². The fourth-order valence-corrected chi connectivity index (χ4v) is 3.71. The molecule has 0 spiro atoms. The lowest BCUT2D eigenvalue weighted by Gasteiger charge is -2.33. The molecule has 1 aromatic rings. The van der Waals surface area contributed by atoms with Crippen LogP contribution in [-0.2, 0) is 4.79 Å². The standard InChI is InChI=1S/C22H34N2O3/c1-16(2)20-12-7-17(3)13-15-24(20)21(25)6-5-14-23-22(26)18-8-10-19(27-4)11-9-18/h8-11,16-17,20H,5-7,12-15H2,1-4H3,(H,23,26). The van der Waals surface area contributed by atoms with Gasteiger partial charge in [0.2, 0.25) is 5.91 Å². The minimum Gasteiger partial charge on any atom is -0.497 e. The number of methoxy groups -OCH3 is 1. The van der Waals surface area contributed by atoms with E-state index in [0.29, 0.717) is 42.8 Å². The summed E-state index contributed by atoms with van der Waals surface area (Å²) in [5, 5.41) is 2.90. The van der Waals surface area contributed by atoms with Crippen molar-refractivity contribution in [3.63, 3.8) is 0 Å². The van der Waals surface area contributed by atoms with Crippen LogP contribution >= 0.6 is 0 Å². The Bertz CT molecular complexity index is 612. The summed E-state index contributed by atoms with van der Waals surface area (Å²) < 4.78 is 5.10. The molecule has 0 radical (unpaired) electrons. The minimum absolute atomic E-state index is 0.117. The van der Waals surface area contributed by atoms with Crippen molar-refractivity contribution in [2.75, 3.05) is 20.2 Å². The Morgan fingerprint density at radius 2 is 1.89 bits per heavy atom. The Morgan fingerprint density at radius 3 is 2.52 bits per heavy atom.